The quantitative estimate of drug-likeness (QED) is 0.539. The monoisotopic (exact) mass is 323 g/mol. The van der Waals surface area contributed by atoms with Gasteiger partial charge in [-0.05, 0) is 18.4 Å². The van der Waals surface area contributed by atoms with Crippen molar-refractivity contribution in [3.63, 3.8) is 0 Å². The molecule has 0 saturated heterocycles. The number of amides is 1. The van der Waals surface area contributed by atoms with E-state index >= 15 is 0 Å². The van der Waals surface area contributed by atoms with Crippen LogP contribution in [0.2, 0.25) is 0 Å². The molecular formula is C17H13N3O2S. The maximum Gasteiger partial charge on any atom is 0.318 e. The van der Waals surface area contributed by atoms with Crippen LogP contribution < -0.4 is 4.80 Å². The Kier molecular flexibility index (Phi) is 3.12. The summed E-state index contributed by atoms with van der Waals surface area (Å²) in [5.74, 6) is -0.262. The topological polar surface area (TPSA) is 60.4 Å². The van der Waals surface area contributed by atoms with E-state index < -0.39 is 5.91 Å². The van der Waals surface area contributed by atoms with Crippen LogP contribution in [-0.4, -0.2) is 15.6 Å². The second kappa shape index (κ2) is 5.17. The summed E-state index contributed by atoms with van der Waals surface area (Å²) in [5.41, 5.74) is 1.74. The minimum absolute atomic E-state index is 0.157. The fraction of sp³-hybridized carbons (Fsp3) is 0.118. The number of hydrogen-bond acceptors (Lipinski definition) is 4. The summed E-state index contributed by atoms with van der Waals surface area (Å²) in [7, 11) is 1.92. The van der Waals surface area contributed by atoms with Crippen LogP contribution in [0.1, 0.15) is 16.2 Å². The molecule has 0 aliphatic rings. The average Bonchev–Trinajstić information content (AvgIpc) is 3.12. The highest BCUT2D eigenvalue weighted by Crippen LogP contribution is 2.26. The van der Waals surface area contributed by atoms with E-state index in [4.69, 9.17) is 4.52 Å². The lowest BCUT2D eigenvalue weighted by Crippen LogP contribution is -2.13. The third-order valence-electron chi connectivity index (χ3n) is 3.72. The van der Waals surface area contributed by atoms with E-state index in [-0.39, 0.29) is 5.76 Å². The summed E-state index contributed by atoms with van der Waals surface area (Å²) in [5, 5.41) is 6.04. The second-order valence-corrected chi connectivity index (χ2v) is 6.34. The van der Waals surface area contributed by atoms with Crippen molar-refractivity contribution >= 4 is 38.2 Å². The second-order valence-electron chi connectivity index (χ2n) is 5.33. The predicted octanol–water partition coefficient (Wildman–Crippen LogP) is 3.43. The van der Waals surface area contributed by atoms with Crippen LogP contribution >= 0.6 is 11.3 Å². The minimum atomic E-state index is -0.419. The molecule has 0 atom stereocenters. The van der Waals surface area contributed by atoms with Crippen LogP contribution in [0.4, 0.5) is 0 Å². The molecule has 0 N–H and O–H groups in total. The van der Waals surface area contributed by atoms with Crippen LogP contribution in [0.25, 0.3) is 21.0 Å². The molecule has 4 rings (SSSR count). The summed E-state index contributed by atoms with van der Waals surface area (Å²) in [6.07, 6.45) is 0. The van der Waals surface area contributed by atoms with Gasteiger partial charge in [0.25, 0.3) is 0 Å². The summed E-state index contributed by atoms with van der Waals surface area (Å²) in [6.45, 7) is 1.77. The van der Waals surface area contributed by atoms with Crippen LogP contribution in [-0.2, 0) is 7.05 Å². The number of nitrogens with zero attached hydrogens (tertiary/aromatic N) is 3. The molecule has 0 saturated carbocycles. The van der Waals surface area contributed by atoms with Crippen LogP contribution in [0.5, 0.6) is 0 Å². The molecule has 6 heteroatoms. The van der Waals surface area contributed by atoms with Gasteiger partial charge in [0, 0.05) is 18.5 Å². The highest BCUT2D eigenvalue weighted by Gasteiger charge is 2.12. The molecule has 23 heavy (non-hydrogen) atoms. The van der Waals surface area contributed by atoms with E-state index in [0.29, 0.717) is 10.5 Å². The number of carbonyl (C=O) groups is 1. The molecule has 0 fully saturated rings. The van der Waals surface area contributed by atoms with Crippen molar-refractivity contribution in [2.45, 2.75) is 6.92 Å². The standard InChI is InChI=1S/C17H13N3O2S/c1-10-9-13(22-19-10)16(21)18-17-20(2)15-12-6-4-3-5-11(12)7-8-14(15)23-17/h3-9H,1-2H3. The zero-order valence-electron chi connectivity index (χ0n) is 12.6. The zero-order valence-corrected chi connectivity index (χ0v) is 13.4. The molecule has 0 unspecified atom stereocenters. The van der Waals surface area contributed by atoms with Gasteiger partial charge in [-0.15, -0.1) is 0 Å². The Morgan fingerprint density at radius 3 is 2.87 bits per heavy atom. The van der Waals surface area contributed by atoms with Gasteiger partial charge in [0.15, 0.2) is 4.80 Å². The van der Waals surface area contributed by atoms with Gasteiger partial charge in [-0.25, -0.2) is 0 Å². The summed E-state index contributed by atoms with van der Waals surface area (Å²) in [4.78, 5) is 17.0. The first-order valence-corrected chi connectivity index (χ1v) is 7.95. The zero-order chi connectivity index (χ0) is 16.0. The van der Waals surface area contributed by atoms with E-state index in [1.54, 1.807) is 13.0 Å². The first-order valence-electron chi connectivity index (χ1n) is 7.13. The maximum absolute atomic E-state index is 12.2. The summed E-state index contributed by atoms with van der Waals surface area (Å²) >= 11 is 1.48. The molecule has 2 heterocycles. The van der Waals surface area contributed by atoms with E-state index in [2.05, 4.69) is 34.4 Å². The number of hydrogen-bond donors (Lipinski definition) is 0. The first-order chi connectivity index (χ1) is 11.1. The van der Waals surface area contributed by atoms with Gasteiger partial charge in [0.1, 0.15) is 0 Å². The number of aryl methyl sites for hydroxylation is 2. The smallest absolute Gasteiger partial charge is 0.318 e. The Morgan fingerprint density at radius 2 is 2.09 bits per heavy atom. The van der Waals surface area contributed by atoms with Crippen molar-refractivity contribution in [1.29, 1.82) is 0 Å². The molecule has 0 aliphatic heterocycles. The molecule has 114 valence electrons. The van der Waals surface area contributed by atoms with Crippen molar-refractivity contribution in [2.75, 3.05) is 0 Å². The van der Waals surface area contributed by atoms with Gasteiger partial charge < -0.3 is 9.09 Å². The number of rotatable bonds is 1. The molecular weight excluding hydrogens is 310 g/mol. The van der Waals surface area contributed by atoms with E-state index in [1.807, 2.05) is 23.7 Å². The molecule has 0 radical (unpaired) electrons. The fourth-order valence-electron chi connectivity index (χ4n) is 2.63. The van der Waals surface area contributed by atoms with Crippen molar-refractivity contribution in [3.8, 4) is 0 Å². The van der Waals surface area contributed by atoms with Gasteiger partial charge in [0.05, 0.1) is 15.9 Å². The Hall–Kier alpha value is -2.73. The summed E-state index contributed by atoms with van der Waals surface area (Å²) < 4.78 is 8.02. The van der Waals surface area contributed by atoms with Gasteiger partial charge in [-0.1, -0.05) is 46.8 Å². The highest BCUT2D eigenvalue weighted by molar-refractivity contribution is 7.16. The summed E-state index contributed by atoms with van der Waals surface area (Å²) in [6, 6.07) is 13.9. The van der Waals surface area contributed by atoms with Crippen molar-refractivity contribution in [2.24, 2.45) is 12.0 Å². The predicted molar refractivity (Wildman–Crippen MR) is 89.4 cm³/mol. The van der Waals surface area contributed by atoms with E-state index in [1.165, 1.54) is 11.3 Å². The maximum atomic E-state index is 12.2. The molecule has 2 aromatic heterocycles. The number of fused-ring (bicyclic) bond motifs is 3. The molecule has 0 spiro atoms. The van der Waals surface area contributed by atoms with E-state index in [0.717, 1.165) is 21.0 Å². The van der Waals surface area contributed by atoms with Crippen molar-refractivity contribution in [3.05, 3.63) is 58.7 Å². The minimum Gasteiger partial charge on any atom is -0.351 e. The number of thiazole rings is 1. The van der Waals surface area contributed by atoms with Crippen LogP contribution in [0.3, 0.4) is 0 Å². The van der Waals surface area contributed by atoms with E-state index in [9.17, 15) is 4.79 Å². The van der Waals surface area contributed by atoms with Gasteiger partial charge in [-0.2, -0.15) is 4.99 Å². The van der Waals surface area contributed by atoms with Crippen molar-refractivity contribution < 1.29 is 9.32 Å². The molecule has 1 amide bonds. The first kappa shape index (κ1) is 13.9. The molecule has 2 aromatic carbocycles. The van der Waals surface area contributed by atoms with Gasteiger partial charge in [0.2, 0.25) is 5.76 Å². The molecule has 4 aromatic rings. The normalized spacial score (nSPS) is 12.3. The van der Waals surface area contributed by atoms with Crippen molar-refractivity contribution in [1.82, 2.24) is 9.72 Å². The molecule has 0 aliphatic carbocycles. The largest absolute Gasteiger partial charge is 0.351 e. The van der Waals surface area contributed by atoms with Crippen LogP contribution in [0.15, 0.2) is 52.0 Å². The lowest BCUT2D eigenvalue weighted by molar-refractivity contribution is 0.0962. The SMILES string of the molecule is Cc1cc(C(=O)N=c2sc3ccc4ccccc4c3n2C)on1. The third kappa shape index (κ3) is 2.27. The van der Waals surface area contributed by atoms with Gasteiger partial charge >= 0.3 is 5.91 Å². The average molecular weight is 323 g/mol. The highest BCUT2D eigenvalue weighted by atomic mass is 32.1. The Labute approximate surface area is 135 Å². The van der Waals surface area contributed by atoms with Gasteiger partial charge in [-0.3, -0.25) is 4.79 Å². The number of aromatic nitrogens is 2. The fourth-order valence-corrected chi connectivity index (χ4v) is 3.66. The van der Waals surface area contributed by atoms with Crippen LogP contribution in [0, 0.1) is 6.92 Å². The lowest BCUT2D eigenvalue weighted by Gasteiger charge is -2.01. The third-order valence-corrected chi connectivity index (χ3v) is 4.82. The molecule has 5 nitrogen and oxygen atoms in total. The Morgan fingerprint density at radius 1 is 1.26 bits per heavy atom. The number of carbonyl (C=O) groups excluding carboxylic acids is 1. The number of benzene rings is 2. The Bertz CT molecular complexity index is 1120. The molecule has 0 bridgehead atoms. The Balaban J connectivity index is 1.94. The lowest BCUT2D eigenvalue weighted by atomic mass is 10.1.